The molecule has 0 aliphatic carbocycles. The van der Waals surface area contributed by atoms with Crippen molar-refractivity contribution in [1.29, 1.82) is 0 Å². The molecule has 0 aliphatic heterocycles. The summed E-state index contributed by atoms with van der Waals surface area (Å²) in [5, 5.41) is 14.2. The molecule has 1 unspecified atom stereocenters. The SMILES string of the molecule is COC(CNC(=O)Cn1ccc(C(F)(F)F)n1)CC(=O)O. The summed E-state index contributed by atoms with van der Waals surface area (Å²) in [7, 11) is 1.29. The number of amides is 1. The van der Waals surface area contributed by atoms with Crippen molar-refractivity contribution in [3.05, 3.63) is 18.0 Å². The van der Waals surface area contributed by atoms with Crippen LogP contribution in [0, 0.1) is 0 Å². The van der Waals surface area contributed by atoms with Gasteiger partial charge in [0, 0.05) is 19.9 Å². The molecule has 1 aromatic rings. The summed E-state index contributed by atoms with van der Waals surface area (Å²) < 4.78 is 42.6. The van der Waals surface area contributed by atoms with E-state index in [1.807, 2.05) is 0 Å². The smallest absolute Gasteiger partial charge is 0.435 e. The van der Waals surface area contributed by atoms with Gasteiger partial charge in [0.25, 0.3) is 0 Å². The van der Waals surface area contributed by atoms with E-state index in [0.717, 1.165) is 16.9 Å². The highest BCUT2D eigenvalue weighted by Crippen LogP contribution is 2.27. The van der Waals surface area contributed by atoms with Crippen LogP contribution >= 0.6 is 0 Å². The third-order valence-corrected chi connectivity index (χ3v) is 2.50. The maximum Gasteiger partial charge on any atom is 0.435 e. The highest BCUT2D eigenvalue weighted by atomic mass is 19.4. The first-order valence-corrected chi connectivity index (χ1v) is 5.84. The van der Waals surface area contributed by atoms with Gasteiger partial charge < -0.3 is 15.2 Å². The second-order valence-electron chi connectivity index (χ2n) is 4.16. The van der Waals surface area contributed by atoms with E-state index >= 15 is 0 Å². The fourth-order valence-electron chi connectivity index (χ4n) is 1.47. The molecule has 7 nitrogen and oxygen atoms in total. The monoisotopic (exact) mass is 309 g/mol. The highest BCUT2D eigenvalue weighted by Gasteiger charge is 2.33. The van der Waals surface area contributed by atoms with Crippen molar-refractivity contribution in [3.63, 3.8) is 0 Å². The van der Waals surface area contributed by atoms with Gasteiger partial charge in [-0.3, -0.25) is 14.3 Å². The van der Waals surface area contributed by atoms with Gasteiger partial charge in [-0.25, -0.2) is 0 Å². The summed E-state index contributed by atoms with van der Waals surface area (Å²) in [6.07, 6.45) is -4.54. The third kappa shape index (κ3) is 5.81. The number of carboxylic acid groups (broad SMARTS) is 1. The van der Waals surface area contributed by atoms with E-state index in [1.54, 1.807) is 0 Å². The number of hydrogen-bond acceptors (Lipinski definition) is 4. The van der Waals surface area contributed by atoms with E-state index < -0.39 is 36.4 Å². The van der Waals surface area contributed by atoms with Crippen LogP contribution in [0.4, 0.5) is 13.2 Å². The first kappa shape index (κ1) is 17.0. The van der Waals surface area contributed by atoms with E-state index in [9.17, 15) is 22.8 Å². The predicted molar refractivity (Wildman–Crippen MR) is 63.3 cm³/mol. The maximum atomic E-state index is 12.3. The summed E-state index contributed by atoms with van der Waals surface area (Å²) >= 11 is 0. The average molecular weight is 309 g/mol. The molecule has 0 fully saturated rings. The van der Waals surface area contributed by atoms with E-state index in [-0.39, 0.29) is 13.0 Å². The predicted octanol–water partition coefficient (Wildman–Crippen LogP) is 0.508. The van der Waals surface area contributed by atoms with Crippen LogP contribution in [0.2, 0.25) is 0 Å². The molecule has 1 aromatic heterocycles. The normalized spacial score (nSPS) is 13.0. The van der Waals surface area contributed by atoms with Crippen molar-refractivity contribution in [2.75, 3.05) is 13.7 Å². The third-order valence-electron chi connectivity index (χ3n) is 2.50. The average Bonchev–Trinajstić information content (AvgIpc) is 2.82. The lowest BCUT2D eigenvalue weighted by Crippen LogP contribution is -2.36. The summed E-state index contributed by atoms with van der Waals surface area (Å²) in [4.78, 5) is 22.0. The zero-order valence-corrected chi connectivity index (χ0v) is 11.1. The molecule has 21 heavy (non-hydrogen) atoms. The molecule has 0 spiro atoms. The Morgan fingerprint density at radius 1 is 1.52 bits per heavy atom. The Morgan fingerprint density at radius 2 is 2.19 bits per heavy atom. The van der Waals surface area contributed by atoms with E-state index in [2.05, 4.69) is 10.4 Å². The molecule has 2 N–H and O–H groups in total. The minimum Gasteiger partial charge on any atom is -0.481 e. The zero-order chi connectivity index (χ0) is 16.0. The number of aromatic nitrogens is 2. The van der Waals surface area contributed by atoms with Crippen molar-refractivity contribution in [2.24, 2.45) is 0 Å². The minimum atomic E-state index is -4.57. The van der Waals surface area contributed by atoms with Gasteiger partial charge in [0.1, 0.15) is 6.54 Å². The molecule has 0 radical (unpaired) electrons. The first-order chi connectivity index (χ1) is 9.72. The van der Waals surface area contributed by atoms with Crippen LogP contribution in [0.15, 0.2) is 12.3 Å². The number of aliphatic carboxylic acids is 1. The van der Waals surface area contributed by atoms with Crippen molar-refractivity contribution < 1.29 is 32.6 Å². The molecule has 118 valence electrons. The second kappa shape index (κ2) is 7.07. The second-order valence-corrected chi connectivity index (χ2v) is 4.16. The Hall–Kier alpha value is -2.10. The standard InChI is InChI=1S/C11H14F3N3O4/c1-21-7(4-10(19)20)5-15-9(18)6-17-3-2-8(16-17)11(12,13)14/h2-3,7H,4-6H2,1H3,(H,15,18)(H,19,20). The van der Waals surface area contributed by atoms with Crippen LogP contribution < -0.4 is 5.32 Å². The topological polar surface area (TPSA) is 93.5 Å². The van der Waals surface area contributed by atoms with Gasteiger partial charge in [-0.15, -0.1) is 0 Å². The van der Waals surface area contributed by atoms with Crippen LogP contribution in [0.1, 0.15) is 12.1 Å². The van der Waals surface area contributed by atoms with Crippen molar-refractivity contribution in [3.8, 4) is 0 Å². The van der Waals surface area contributed by atoms with E-state index in [0.29, 0.717) is 0 Å². The minimum absolute atomic E-state index is 0.0605. The lowest BCUT2D eigenvalue weighted by atomic mass is 10.2. The fourth-order valence-corrected chi connectivity index (χ4v) is 1.47. The number of carbonyl (C=O) groups is 2. The summed E-state index contributed by atoms with van der Waals surface area (Å²) in [6, 6.07) is 0.760. The number of nitrogens with zero attached hydrogens (tertiary/aromatic N) is 2. The van der Waals surface area contributed by atoms with Crippen molar-refractivity contribution >= 4 is 11.9 Å². The summed E-state index contributed by atoms with van der Waals surface area (Å²) in [5.41, 5.74) is -1.09. The molecule has 1 rings (SSSR count). The molecule has 0 saturated heterocycles. The summed E-state index contributed by atoms with van der Waals surface area (Å²) in [5.74, 6) is -1.68. The molecule has 1 atom stereocenters. The molecule has 0 aromatic carbocycles. The van der Waals surface area contributed by atoms with Crippen LogP contribution in [0.25, 0.3) is 0 Å². The van der Waals surface area contributed by atoms with Gasteiger partial charge >= 0.3 is 12.1 Å². The molecule has 0 bridgehead atoms. The Bertz CT molecular complexity index is 501. The van der Waals surface area contributed by atoms with E-state index in [4.69, 9.17) is 9.84 Å². The number of carboxylic acids is 1. The van der Waals surface area contributed by atoms with Crippen LogP contribution in [0.5, 0.6) is 0 Å². The number of hydrogen-bond donors (Lipinski definition) is 2. The Kier molecular flexibility index (Phi) is 5.70. The van der Waals surface area contributed by atoms with Gasteiger partial charge in [-0.2, -0.15) is 18.3 Å². The lowest BCUT2D eigenvalue weighted by molar-refractivity contribution is -0.141. The van der Waals surface area contributed by atoms with Gasteiger partial charge in [0.05, 0.1) is 12.5 Å². The van der Waals surface area contributed by atoms with Crippen molar-refractivity contribution in [1.82, 2.24) is 15.1 Å². The van der Waals surface area contributed by atoms with Gasteiger partial charge in [0.15, 0.2) is 5.69 Å². The van der Waals surface area contributed by atoms with Gasteiger partial charge in [-0.05, 0) is 6.07 Å². The number of halogens is 3. The van der Waals surface area contributed by atoms with Crippen LogP contribution in [-0.4, -0.2) is 46.5 Å². The summed E-state index contributed by atoms with van der Waals surface area (Å²) in [6.45, 7) is -0.464. The molecule has 0 aliphatic rings. The quantitative estimate of drug-likeness (QED) is 0.765. The Morgan fingerprint density at radius 3 is 2.67 bits per heavy atom. The fraction of sp³-hybridized carbons (Fsp3) is 0.545. The van der Waals surface area contributed by atoms with E-state index in [1.165, 1.54) is 7.11 Å². The Balaban J connectivity index is 2.47. The molecule has 1 amide bonds. The van der Waals surface area contributed by atoms with Crippen LogP contribution in [-0.2, 0) is 27.0 Å². The number of nitrogens with one attached hydrogen (secondary N) is 1. The molecular formula is C11H14F3N3O4. The van der Waals surface area contributed by atoms with Crippen molar-refractivity contribution in [2.45, 2.75) is 25.2 Å². The lowest BCUT2D eigenvalue weighted by Gasteiger charge is -2.13. The zero-order valence-electron chi connectivity index (χ0n) is 11.1. The number of alkyl halides is 3. The maximum absolute atomic E-state index is 12.3. The number of ether oxygens (including phenoxy) is 1. The number of carbonyl (C=O) groups excluding carboxylic acids is 1. The molecule has 1 heterocycles. The number of rotatable bonds is 7. The Labute approximate surface area is 117 Å². The molecule has 0 saturated carbocycles. The molecule has 10 heteroatoms. The largest absolute Gasteiger partial charge is 0.481 e. The highest BCUT2D eigenvalue weighted by molar-refractivity contribution is 5.75. The van der Waals surface area contributed by atoms with Gasteiger partial charge in [-0.1, -0.05) is 0 Å². The van der Waals surface area contributed by atoms with Crippen LogP contribution in [0.3, 0.4) is 0 Å². The first-order valence-electron chi connectivity index (χ1n) is 5.84. The molecular weight excluding hydrogens is 295 g/mol. The number of methoxy groups -OCH3 is 1. The van der Waals surface area contributed by atoms with Gasteiger partial charge in [0.2, 0.25) is 5.91 Å².